The molecule has 2 unspecified atom stereocenters. The highest BCUT2D eigenvalue weighted by molar-refractivity contribution is 6.04. The van der Waals surface area contributed by atoms with Crippen LogP contribution in [0.25, 0.3) is 0 Å². The number of amides is 4. The Bertz CT molecular complexity index is 1170. The van der Waals surface area contributed by atoms with E-state index in [9.17, 15) is 19.2 Å². The standard InChI is InChI=1S/C27H29N3O4/c1-2-27(13-12-23(31)29-26(27)34)20-7-9-21(10-8-20)28-25(33)19-15-24(32)30(16-19)22-11-6-17-4-3-5-18(17)14-22/h6-11,14,19H,2-5,12-13,15-16H2,1H3,(H,28,33)(H,29,31,34). The molecule has 2 aromatic rings. The van der Waals surface area contributed by atoms with E-state index in [2.05, 4.69) is 22.8 Å². The Morgan fingerprint density at radius 2 is 1.82 bits per heavy atom. The van der Waals surface area contributed by atoms with Crippen molar-refractivity contribution in [2.45, 2.75) is 57.3 Å². The number of benzene rings is 2. The van der Waals surface area contributed by atoms with Crippen molar-refractivity contribution in [3.63, 3.8) is 0 Å². The number of nitrogens with one attached hydrogen (secondary N) is 2. The molecule has 0 saturated carbocycles. The van der Waals surface area contributed by atoms with Gasteiger partial charge in [0.05, 0.1) is 11.3 Å². The molecule has 2 heterocycles. The van der Waals surface area contributed by atoms with Gasteiger partial charge in [0, 0.05) is 30.8 Å². The number of imide groups is 1. The van der Waals surface area contributed by atoms with Gasteiger partial charge in [0.15, 0.2) is 0 Å². The maximum absolute atomic E-state index is 12.9. The van der Waals surface area contributed by atoms with Gasteiger partial charge in [-0.3, -0.25) is 24.5 Å². The Hall–Kier alpha value is -3.48. The lowest BCUT2D eigenvalue weighted by atomic mass is 9.72. The van der Waals surface area contributed by atoms with E-state index in [4.69, 9.17) is 0 Å². The van der Waals surface area contributed by atoms with Crippen molar-refractivity contribution in [3.8, 4) is 0 Å². The van der Waals surface area contributed by atoms with E-state index >= 15 is 0 Å². The molecule has 4 amide bonds. The number of carbonyl (C=O) groups excluding carboxylic acids is 4. The summed E-state index contributed by atoms with van der Waals surface area (Å²) in [6.07, 6.45) is 4.85. The first-order valence-corrected chi connectivity index (χ1v) is 12.1. The van der Waals surface area contributed by atoms with Gasteiger partial charge >= 0.3 is 0 Å². The van der Waals surface area contributed by atoms with Crippen molar-refractivity contribution < 1.29 is 19.2 Å². The van der Waals surface area contributed by atoms with Crippen LogP contribution in [0.5, 0.6) is 0 Å². The average Bonchev–Trinajstić information content (AvgIpc) is 3.46. The number of carbonyl (C=O) groups is 4. The zero-order chi connectivity index (χ0) is 23.9. The molecule has 0 aromatic heterocycles. The molecule has 2 fully saturated rings. The van der Waals surface area contributed by atoms with E-state index in [0.29, 0.717) is 31.5 Å². The number of hydrogen-bond donors (Lipinski definition) is 2. The summed E-state index contributed by atoms with van der Waals surface area (Å²) in [4.78, 5) is 51.5. The summed E-state index contributed by atoms with van der Waals surface area (Å²) in [5, 5.41) is 5.38. The Morgan fingerprint density at radius 3 is 2.56 bits per heavy atom. The molecule has 0 radical (unpaired) electrons. The molecule has 34 heavy (non-hydrogen) atoms. The molecular formula is C27H29N3O4. The number of rotatable bonds is 5. The van der Waals surface area contributed by atoms with Gasteiger partial charge in [0.25, 0.3) is 0 Å². The van der Waals surface area contributed by atoms with Crippen molar-refractivity contribution >= 4 is 35.0 Å². The first-order chi connectivity index (χ1) is 16.4. The lowest BCUT2D eigenvalue weighted by molar-refractivity contribution is -0.138. The van der Waals surface area contributed by atoms with Gasteiger partial charge in [-0.05, 0) is 73.1 Å². The van der Waals surface area contributed by atoms with Crippen LogP contribution < -0.4 is 15.5 Å². The number of piperidine rings is 1. The predicted octanol–water partition coefficient (Wildman–Crippen LogP) is 3.25. The third kappa shape index (κ3) is 3.89. The summed E-state index contributed by atoms with van der Waals surface area (Å²) in [6, 6.07) is 13.4. The highest BCUT2D eigenvalue weighted by Crippen LogP contribution is 2.36. The van der Waals surface area contributed by atoms with Gasteiger partial charge in [0.2, 0.25) is 23.6 Å². The molecule has 7 nitrogen and oxygen atoms in total. The van der Waals surface area contributed by atoms with Crippen molar-refractivity contribution in [2.24, 2.45) is 5.92 Å². The molecule has 2 saturated heterocycles. The third-order valence-corrected chi connectivity index (χ3v) is 7.66. The Kier molecular flexibility index (Phi) is 5.71. The largest absolute Gasteiger partial charge is 0.326 e. The minimum atomic E-state index is -0.731. The summed E-state index contributed by atoms with van der Waals surface area (Å²) in [7, 11) is 0. The second kappa shape index (κ2) is 8.70. The molecule has 0 spiro atoms. The summed E-state index contributed by atoms with van der Waals surface area (Å²) in [5.74, 6) is -1.14. The summed E-state index contributed by atoms with van der Waals surface area (Å²) in [6.45, 7) is 2.31. The maximum Gasteiger partial charge on any atom is 0.237 e. The number of aryl methyl sites for hydroxylation is 2. The van der Waals surface area contributed by atoms with Gasteiger partial charge in [-0.2, -0.15) is 0 Å². The van der Waals surface area contributed by atoms with Crippen molar-refractivity contribution in [2.75, 3.05) is 16.8 Å². The molecule has 0 bridgehead atoms. The fourth-order valence-electron chi connectivity index (χ4n) is 5.54. The van der Waals surface area contributed by atoms with E-state index in [1.165, 1.54) is 11.1 Å². The molecule has 176 valence electrons. The zero-order valence-corrected chi connectivity index (χ0v) is 19.4. The summed E-state index contributed by atoms with van der Waals surface area (Å²) >= 11 is 0. The highest BCUT2D eigenvalue weighted by Gasteiger charge is 2.42. The van der Waals surface area contributed by atoms with Crippen LogP contribution >= 0.6 is 0 Å². The van der Waals surface area contributed by atoms with Crippen LogP contribution in [0, 0.1) is 5.92 Å². The summed E-state index contributed by atoms with van der Waals surface area (Å²) in [5.41, 5.74) is 4.26. The van der Waals surface area contributed by atoms with E-state index in [0.717, 1.165) is 30.5 Å². The molecule has 2 aromatic carbocycles. The monoisotopic (exact) mass is 459 g/mol. The number of anilines is 2. The normalized spacial score (nSPS) is 24.2. The van der Waals surface area contributed by atoms with Crippen LogP contribution in [-0.2, 0) is 37.4 Å². The van der Waals surface area contributed by atoms with Crippen LogP contribution in [-0.4, -0.2) is 30.2 Å². The molecule has 7 heteroatoms. The SMILES string of the molecule is CCC1(c2ccc(NC(=O)C3CC(=O)N(c4ccc5c(c4)CCC5)C3)cc2)CCC(=O)NC1=O. The average molecular weight is 460 g/mol. The van der Waals surface area contributed by atoms with Crippen LogP contribution in [0.4, 0.5) is 11.4 Å². The fraction of sp³-hybridized carbons (Fsp3) is 0.407. The van der Waals surface area contributed by atoms with Crippen LogP contribution in [0.3, 0.4) is 0 Å². The zero-order valence-electron chi connectivity index (χ0n) is 19.4. The maximum atomic E-state index is 12.9. The van der Waals surface area contributed by atoms with E-state index in [-0.39, 0.29) is 30.0 Å². The highest BCUT2D eigenvalue weighted by atomic mass is 16.2. The first kappa shape index (κ1) is 22.3. The van der Waals surface area contributed by atoms with Crippen molar-refractivity contribution in [1.82, 2.24) is 5.32 Å². The van der Waals surface area contributed by atoms with E-state index in [1.807, 2.05) is 25.1 Å². The van der Waals surface area contributed by atoms with Gasteiger partial charge in [-0.1, -0.05) is 25.1 Å². The van der Waals surface area contributed by atoms with Crippen LogP contribution in [0.2, 0.25) is 0 Å². The van der Waals surface area contributed by atoms with Crippen LogP contribution in [0.1, 0.15) is 55.7 Å². The second-order valence-corrected chi connectivity index (χ2v) is 9.59. The van der Waals surface area contributed by atoms with Crippen molar-refractivity contribution in [3.05, 3.63) is 59.2 Å². The lowest BCUT2D eigenvalue weighted by Gasteiger charge is -2.35. The molecule has 2 atom stereocenters. The minimum absolute atomic E-state index is 0.0313. The first-order valence-electron chi connectivity index (χ1n) is 12.1. The van der Waals surface area contributed by atoms with Gasteiger partial charge in [0.1, 0.15) is 0 Å². The second-order valence-electron chi connectivity index (χ2n) is 9.59. The predicted molar refractivity (Wildman–Crippen MR) is 128 cm³/mol. The number of fused-ring (bicyclic) bond motifs is 1. The smallest absolute Gasteiger partial charge is 0.237 e. The topological polar surface area (TPSA) is 95.6 Å². The molecule has 2 aliphatic heterocycles. The molecule has 1 aliphatic carbocycles. The van der Waals surface area contributed by atoms with Gasteiger partial charge < -0.3 is 10.2 Å². The number of hydrogen-bond acceptors (Lipinski definition) is 4. The van der Waals surface area contributed by atoms with Crippen LogP contribution in [0.15, 0.2) is 42.5 Å². The van der Waals surface area contributed by atoms with Gasteiger partial charge in [-0.25, -0.2) is 0 Å². The third-order valence-electron chi connectivity index (χ3n) is 7.66. The Morgan fingerprint density at radius 1 is 1.06 bits per heavy atom. The lowest BCUT2D eigenvalue weighted by Crippen LogP contribution is -2.51. The molecular weight excluding hydrogens is 430 g/mol. The fourth-order valence-corrected chi connectivity index (χ4v) is 5.54. The number of nitrogens with zero attached hydrogens (tertiary/aromatic N) is 1. The van der Waals surface area contributed by atoms with Gasteiger partial charge in [-0.15, -0.1) is 0 Å². The summed E-state index contributed by atoms with van der Waals surface area (Å²) < 4.78 is 0. The minimum Gasteiger partial charge on any atom is -0.326 e. The molecule has 2 N–H and O–H groups in total. The van der Waals surface area contributed by atoms with E-state index < -0.39 is 11.3 Å². The van der Waals surface area contributed by atoms with Crippen molar-refractivity contribution in [1.29, 1.82) is 0 Å². The quantitative estimate of drug-likeness (QED) is 0.671. The van der Waals surface area contributed by atoms with E-state index in [1.54, 1.807) is 17.0 Å². The molecule has 5 rings (SSSR count). The Balaban J connectivity index is 1.25. The molecule has 3 aliphatic rings. The Labute approximate surface area is 198 Å².